The summed E-state index contributed by atoms with van der Waals surface area (Å²) in [7, 11) is -1.41. The van der Waals surface area contributed by atoms with Gasteiger partial charge < -0.3 is 10.0 Å². The van der Waals surface area contributed by atoms with Crippen molar-refractivity contribution < 1.29 is 10.0 Å². The SMILES string of the molecule is CCCCCCCCCCc1ccc(B(O)O)cn1. The standard InChI is InChI=1S/C15H26BNO2/c1-2-3-4-5-6-7-8-9-10-15-12-11-14(13-17-15)16(18)19/h11-13,18-19H,2-10H2,1H3. The average molecular weight is 263 g/mol. The highest BCUT2D eigenvalue weighted by Crippen LogP contribution is 2.10. The minimum absolute atomic E-state index is 0.458. The maximum atomic E-state index is 8.96. The molecule has 2 N–H and O–H groups in total. The Morgan fingerprint density at radius 2 is 1.58 bits per heavy atom. The Morgan fingerprint density at radius 1 is 0.947 bits per heavy atom. The lowest BCUT2D eigenvalue weighted by Gasteiger charge is -2.03. The largest absolute Gasteiger partial charge is 0.490 e. The molecule has 106 valence electrons. The monoisotopic (exact) mass is 263 g/mol. The zero-order valence-corrected chi connectivity index (χ0v) is 12.0. The number of nitrogens with zero attached hydrogens (tertiary/aromatic N) is 1. The van der Waals surface area contributed by atoms with Crippen molar-refractivity contribution in [3.05, 3.63) is 24.0 Å². The molecule has 0 aliphatic heterocycles. The van der Waals surface area contributed by atoms with E-state index in [1.165, 1.54) is 51.4 Å². The fraction of sp³-hybridized carbons (Fsp3) is 0.667. The third-order valence-corrected chi connectivity index (χ3v) is 3.43. The van der Waals surface area contributed by atoms with Crippen LogP contribution in [0, 0.1) is 0 Å². The molecule has 0 saturated heterocycles. The van der Waals surface area contributed by atoms with Crippen LogP contribution in [0.25, 0.3) is 0 Å². The quantitative estimate of drug-likeness (QED) is 0.503. The normalized spacial score (nSPS) is 10.7. The fourth-order valence-electron chi connectivity index (χ4n) is 2.18. The van der Waals surface area contributed by atoms with Crippen LogP contribution in [0.2, 0.25) is 0 Å². The van der Waals surface area contributed by atoms with Gasteiger partial charge in [-0.25, -0.2) is 0 Å². The van der Waals surface area contributed by atoms with Crippen molar-refractivity contribution in [1.29, 1.82) is 0 Å². The summed E-state index contributed by atoms with van der Waals surface area (Å²) in [5.41, 5.74) is 1.50. The number of rotatable bonds is 10. The van der Waals surface area contributed by atoms with Gasteiger partial charge in [-0.2, -0.15) is 0 Å². The third kappa shape index (κ3) is 7.33. The summed E-state index contributed by atoms with van der Waals surface area (Å²) in [5, 5.41) is 17.9. The van der Waals surface area contributed by atoms with E-state index in [1.807, 2.05) is 6.07 Å². The van der Waals surface area contributed by atoms with Crippen molar-refractivity contribution in [2.24, 2.45) is 0 Å². The lowest BCUT2D eigenvalue weighted by molar-refractivity contribution is 0.425. The van der Waals surface area contributed by atoms with Crippen LogP contribution in [-0.2, 0) is 6.42 Å². The summed E-state index contributed by atoms with van der Waals surface area (Å²) in [6.07, 6.45) is 13.1. The van der Waals surface area contributed by atoms with Gasteiger partial charge in [0.25, 0.3) is 0 Å². The molecule has 0 bridgehead atoms. The Balaban J connectivity index is 2.06. The van der Waals surface area contributed by atoms with Gasteiger partial charge in [-0.3, -0.25) is 4.98 Å². The summed E-state index contributed by atoms with van der Waals surface area (Å²) >= 11 is 0. The highest BCUT2D eigenvalue weighted by molar-refractivity contribution is 6.58. The van der Waals surface area contributed by atoms with Gasteiger partial charge in [-0.15, -0.1) is 0 Å². The molecule has 0 aliphatic rings. The summed E-state index contributed by atoms with van der Waals surface area (Å²) < 4.78 is 0. The molecule has 19 heavy (non-hydrogen) atoms. The van der Waals surface area contributed by atoms with Gasteiger partial charge in [0, 0.05) is 17.4 Å². The van der Waals surface area contributed by atoms with Crippen molar-refractivity contribution in [1.82, 2.24) is 4.98 Å². The average Bonchev–Trinajstić information content (AvgIpc) is 2.42. The third-order valence-electron chi connectivity index (χ3n) is 3.43. The van der Waals surface area contributed by atoms with Gasteiger partial charge in [-0.1, -0.05) is 57.9 Å². The molecule has 3 nitrogen and oxygen atoms in total. The lowest BCUT2D eigenvalue weighted by atomic mass is 9.81. The first-order chi connectivity index (χ1) is 9.24. The minimum atomic E-state index is -1.41. The molecule has 0 saturated carbocycles. The molecule has 1 aromatic heterocycles. The highest BCUT2D eigenvalue weighted by Gasteiger charge is 2.10. The van der Waals surface area contributed by atoms with Crippen molar-refractivity contribution in [2.45, 2.75) is 64.7 Å². The van der Waals surface area contributed by atoms with E-state index in [0.29, 0.717) is 5.46 Å². The van der Waals surface area contributed by atoms with Gasteiger partial charge in [0.1, 0.15) is 0 Å². The van der Waals surface area contributed by atoms with Gasteiger partial charge >= 0.3 is 7.12 Å². The van der Waals surface area contributed by atoms with Gasteiger partial charge in [-0.05, 0) is 18.9 Å². The molecule has 0 radical (unpaired) electrons. The number of pyridine rings is 1. The zero-order chi connectivity index (χ0) is 13.9. The Bertz CT molecular complexity index is 327. The van der Waals surface area contributed by atoms with Gasteiger partial charge in [0.05, 0.1) is 0 Å². The Labute approximate surface area is 117 Å². The van der Waals surface area contributed by atoms with Crippen LogP contribution < -0.4 is 5.46 Å². The van der Waals surface area contributed by atoms with Crippen molar-refractivity contribution in [2.75, 3.05) is 0 Å². The molecule has 0 fully saturated rings. The Hall–Kier alpha value is -0.865. The van der Waals surface area contributed by atoms with Crippen LogP contribution in [0.5, 0.6) is 0 Å². The number of aryl methyl sites for hydroxylation is 1. The van der Waals surface area contributed by atoms with Gasteiger partial charge in [0.15, 0.2) is 0 Å². The Morgan fingerprint density at radius 3 is 2.11 bits per heavy atom. The summed E-state index contributed by atoms with van der Waals surface area (Å²) in [4.78, 5) is 4.24. The molecule has 0 atom stereocenters. The molecule has 0 unspecified atom stereocenters. The maximum Gasteiger partial charge on any atom is 0.490 e. The number of hydrogen-bond acceptors (Lipinski definition) is 3. The topological polar surface area (TPSA) is 53.4 Å². The van der Waals surface area contributed by atoms with E-state index in [1.54, 1.807) is 12.3 Å². The molecular weight excluding hydrogens is 237 g/mol. The van der Waals surface area contributed by atoms with Crippen LogP contribution in [-0.4, -0.2) is 22.2 Å². The van der Waals surface area contributed by atoms with Crippen LogP contribution in [0.15, 0.2) is 18.3 Å². The summed E-state index contributed by atoms with van der Waals surface area (Å²) in [6, 6.07) is 3.62. The Kier molecular flexibility index (Phi) is 8.51. The van der Waals surface area contributed by atoms with Crippen LogP contribution in [0.1, 0.15) is 64.0 Å². The predicted molar refractivity (Wildman–Crippen MR) is 80.4 cm³/mol. The summed E-state index contributed by atoms with van der Waals surface area (Å²) in [6.45, 7) is 2.24. The first-order valence-corrected chi connectivity index (χ1v) is 7.55. The molecule has 1 rings (SSSR count). The molecule has 0 aromatic carbocycles. The van der Waals surface area contributed by atoms with Crippen molar-refractivity contribution in [3.63, 3.8) is 0 Å². The summed E-state index contributed by atoms with van der Waals surface area (Å²) in [5.74, 6) is 0. The van der Waals surface area contributed by atoms with E-state index < -0.39 is 7.12 Å². The molecule has 0 spiro atoms. The number of unbranched alkanes of at least 4 members (excludes halogenated alkanes) is 7. The smallest absolute Gasteiger partial charge is 0.423 e. The minimum Gasteiger partial charge on any atom is -0.423 e. The molecule has 1 aromatic rings. The van der Waals surface area contributed by atoms with E-state index in [0.717, 1.165) is 12.1 Å². The molecule has 4 heteroatoms. The lowest BCUT2D eigenvalue weighted by Crippen LogP contribution is -2.30. The number of aromatic nitrogens is 1. The van der Waals surface area contributed by atoms with E-state index in [4.69, 9.17) is 10.0 Å². The van der Waals surface area contributed by atoms with Crippen LogP contribution in [0.4, 0.5) is 0 Å². The maximum absolute atomic E-state index is 8.96. The second kappa shape index (κ2) is 9.99. The van der Waals surface area contributed by atoms with Crippen molar-refractivity contribution >= 4 is 12.6 Å². The van der Waals surface area contributed by atoms with Crippen LogP contribution >= 0.6 is 0 Å². The van der Waals surface area contributed by atoms with E-state index in [2.05, 4.69) is 11.9 Å². The van der Waals surface area contributed by atoms with E-state index >= 15 is 0 Å². The molecule has 0 amide bonds. The molecular formula is C15H26BNO2. The first kappa shape index (κ1) is 16.2. The van der Waals surface area contributed by atoms with Gasteiger partial charge in [0.2, 0.25) is 0 Å². The predicted octanol–water partition coefficient (Wildman–Crippen LogP) is 2.44. The van der Waals surface area contributed by atoms with E-state index in [-0.39, 0.29) is 0 Å². The fourth-order valence-corrected chi connectivity index (χ4v) is 2.18. The highest BCUT2D eigenvalue weighted by atomic mass is 16.4. The first-order valence-electron chi connectivity index (χ1n) is 7.55. The second-order valence-corrected chi connectivity index (χ2v) is 5.18. The second-order valence-electron chi connectivity index (χ2n) is 5.18. The molecule has 0 aliphatic carbocycles. The number of hydrogen-bond donors (Lipinski definition) is 2. The van der Waals surface area contributed by atoms with E-state index in [9.17, 15) is 0 Å². The van der Waals surface area contributed by atoms with Crippen molar-refractivity contribution in [3.8, 4) is 0 Å². The zero-order valence-electron chi connectivity index (χ0n) is 12.0. The van der Waals surface area contributed by atoms with Crippen LogP contribution in [0.3, 0.4) is 0 Å². The molecule has 1 heterocycles.